The number of anilines is 1. The van der Waals surface area contributed by atoms with Crippen LogP contribution in [0.25, 0.3) is 0 Å². The third kappa shape index (κ3) is 5.41. The van der Waals surface area contributed by atoms with Gasteiger partial charge >= 0.3 is 0 Å². The zero-order chi connectivity index (χ0) is 20.1. The standard InChI is InChI=1S/C22H27NO4/c1-21(2,3)22(4,5)27-23-19-9-6-16(7-10-19)15-26-20-11-8-17(13-24)12-18(20)14-25/h6-14,23H,15H2,1-5H3. The molecule has 0 saturated heterocycles. The zero-order valence-corrected chi connectivity index (χ0v) is 16.5. The van der Waals surface area contributed by atoms with E-state index in [0.717, 1.165) is 11.3 Å². The molecule has 27 heavy (non-hydrogen) atoms. The Morgan fingerprint density at radius 3 is 2.15 bits per heavy atom. The van der Waals surface area contributed by atoms with Gasteiger partial charge in [0.2, 0.25) is 0 Å². The first-order chi connectivity index (χ1) is 12.7. The number of carbonyl (C=O) groups is 2. The second kappa shape index (κ2) is 8.35. The van der Waals surface area contributed by atoms with Crippen molar-refractivity contribution < 1.29 is 19.2 Å². The maximum Gasteiger partial charge on any atom is 0.153 e. The highest BCUT2D eigenvalue weighted by molar-refractivity contribution is 5.84. The second-order valence-corrected chi connectivity index (χ2v) is 7.98. The summed E-state index contributed by atoms with van der Waals surface area (Å²) in [7, 11) is 0. The van der Waals surface area contributed by atoms with E-state index >= 15 is 0 Å². The van der Waals surface area contributed by atoms with Crippen LogP contribution in [-0.2, 0) is 11.4 Å². The van der Waals surface area contributed by atoms with Crippen LogP contribution in [0.4, 0.5) is 5.69 Å². The van der Waals surface area contributed by atoms with E-state index in [2.05, 4.69) is 26.3 Å². The van der Waals surface area contributed by atoms with Crippen LogP contribution in [0.2, 0.25) is 0 Å². The summed E-state index contributed by atoms with van der Waals surface area (Å²) in [5.41, 5.74) is 5.25. The summed E-state index contributed by atoms with van der Waals surface area (Å²) in [6.07, 6.45) is 1.38. The van der Waals surface area contributed by atoms with Crippen molar-refractivity contribution >= 4 is 18.3 Å². The molecule has 0 radical (unpaired) electrons. The van der Waals surface area contributed by atoms with E-state index in [0.29, 0.717) is 36.1 Å². The molecule has 0 amide bonds. The molecule has 0 unspecified atom stereocenters. The second-order valence-electron chi connectivity index (χ2n) is 7.98. The summed E-state index contributed by atoms with van der Waals surface area (Å²) in [6, 6.07) is 12.4. The molecule has 5 heteroatoms. The van der Waals surface area contributed by atoms with Crippen molar-refractivity contribution in [1.82, 2.24) is 0 Å². The Balaban J connectivity index is 1.96. The summed E-state index contributed by atoms with van der Waals surface area (Å²) in [6.45, 7) is 10.8. The molecule has 0 saturated carbocycles. The van der Waals surface area contributed by atoms with Crippen molar-refractivity contribution in [3.63, 3.8) is 0 Å². The number of aldehydes is 2. The van der Waals surface area contributed by atoms with Gasteiger partial charge in [-0.1, -0.05) is 32.9 Å². The monoisotopic (exact) mass is 369 g/mol. The van der Waals surface area contributed by atoms with Crippen LogP contribution in [-0.4, -0.2) is 18.2 Å². The molecule has 0 aromatic heterocycles. The van der Waals surface area contributed by atoms with Gasteiger partial charge in [0.05, 0.1) is 16.9 Å². The number of hydrogen-bond acceptors (Lipinski definition) is 5. The van der Waals surface area contributed by atoms with E-state index < -0.39 is 0 Å². The number of ether oxygens (including phenoxy) is 1. The molecule has 2 rings (SSSR count). The first kappa shape index (κ1) is 20.6. The molecule has 144 valence electrons. The van der Waals surface area contributed by atoms with Gasteiger partial charge < -0.3 is 4.74 Å². The molecule has 5 nitrogen and oxygen atoms in total. The van der Waals surface area contributed by atoms with E-state index in [1.165, 1.54) is 6.07 Å². The Morgan fingerprint density at radius 2 is 1.59 bits per heavy atom. The lowest BCUT2D eigenvalue weighted by atomic mass is 9.79. The summed E-state index contributed by atoms with van der Waals surface area (Å²) < 4.78 is 5.71. The van der Waals surface area contributed by atoms with Gasteiger partial charge in [-0.05, 0) is 55.2 Å². The summed E-state index contributed by atoms with van der Waals surface area (Å²) in [4.78, 5) is 27.8. The molecule has 0 bridgehead atoms. The van der Waals surface area contributed by atoms with Gasteiger partial charge in [-0.15, -0.1) is 0 Å². The third-order valence-corrected chi connectivity index (χ3v) is 4.88. The predicted octanol–water partition coefficient (Wildman–Crippen LogP) is 5.06. The largest absolute Gasteiger partial charge is 0.488 e. The van der Waals surface area contributed by atoms with E-state index in [4.69, 9.17) is 9.57 Å². The van der Waals surface area contributed by atoms with Gasteiger partial charge in [0, 0.05) is 5.56 Å². The van der Waals surface area contributed by atoms with Crippen LogP contribution in [0.1, 0.15) is 60.9 Å². The molecular weight excluding hydrogens is 342 g/mol. The molecule has 0 atom stereocenters. The van der Waals surface area contributed by atoms with Crippen LogP contribution >= 0.6 is 0 Å². The Morgan fingerprint density at radius 1 is 0.926 bits per heavy atom. The SMILES string of the molecule is CC(C)(C)C(C)(C)ONc1ccc(COc2ccc(C=O)cc2C=O)cc1. The normalized spacial score (nSPS) is 11.7. The van der Waals surface area contributed by atoms with Gasteiger partial charge in [0.25, 0.3) is 0 Å². The lowest BCUT2D eigenvalue weighted by Gasteiger charge is -2.37. The fraction of sp³-hybridized carbons (Fsp3) is 0.364. The Bertz CT molecular complexity index is 789. The number of benzene rings is 2. The topological polar surface area (TPSA) is 64.6 Å². The van der Waals surface area contributed by atoms with Crippen LogP contribution in [0.15, 0.2) is 42.5 Å². The average molecular weight is 369 g/mol. The number of nitrogens with one attached hydrogen (secondary N) is 1. The van der Waals surface area contributed by atoms with Crippen molar-refractivity contribution in [2.75, 3.05) is 5.48 Å². The van der Waals surface area contributed by atoms with Crippen LogP contribution in [0.5, 0.6) is 5.75 Å². The molecular formula is C22H27NO4. The van der Waals surface area contributed by atoms with E-state index in [1.807, 2.05) is 38.1 Å². The minimum Gasteiger partial charge on any atom is -0.488 e. The minimum atomic E-state index is -0.340. The lowest BCUT2D eigenvalue weighted by Crippen LogP contribution is -2.41. The number of hydrogen-bond donors (Lipinski definition) is 1. The van der Waals surface area contributed by atoms with Crippen molar-refractivity contribution in [1.29, 1.82) is 0 Å². The highest BCUT2D eigenvalue weighted by Gasteiger charge is 2.34. The quantitative estimate of drug-likeness (QED) is 0.520. The molecule has 0 aliphatic rings. The first-order valence-corrected chi connectivity index (χ1v) is 8.86. The van der Waals surface area contributed by atoms with E-state index in [1.54, 1.807) is 12.1 Å². The summed E-state index contributed by atoms with van der Waals surface area (Å²) in [5, 5.41) is 0. The minimum absolute atomic E-state index is 0.0104. The Hall–Kier alpha value is -2.66. The van der Waals surface area contributed by atoms with Crippen LogP contribution < -0.4 is 10.2 Å². The van der Waals surface area contributed by atoms with Crippen molar-refractivity contribution in [3.05, 3.63) is 59.2 Å². The van der Waals surface area contributed by atoms with Gasteiger partial charge in [-0.25, -0.2) is 0 Å². The summed E-state index contributed by atoms with van der Waals surface area (Å²) >= 11 is 0. The van der Waals surface area contributed by atoms with Gasteiger partial charge in [-0.3, -0.25) is 19.9 Å². The van der Waals surface area contributed by atoms with Crippen molar-refractivity contribution in [2.24, 2.45) is 5.41 Å². The van der Waals surface area contributed by atoms with Gasteiger partial charge in [-0.2, -0.15) is 0 Å². The third-order valence-electron chi connectivity index (χ3n) is 4.88. The van der Waals surface area contributed by atoms with Crippen molar-refractivity contribution in [3.8, 4) is 5.75 Å². The highest BCUT2D eigenvalue weighted by Crippen LogP contribution is 2.33. The first-order valence-electron chi connectivity index (χ1n) is 8.86. The average Bonchev–Trinajstić information content (AvgIpc) is 2.64. The Kier molecular flexibility index (Phi) is 6.39. The van der Waals surface area contributed by atoms with Crippen molar-refractivity contribution in [2.45, 2.75) is 46.8 Å². The molecule has 0 heterocycles. The molecule has 2 aromatic carbocycles. The highest BCUT2D eigenvalue weighted by atomic mass is 16.7. The molecule has 0 spiro atoms. The maximum absolute atomic E-state index is 11.2. The maximum atomic E-state index is 11.2. The molecule has 0 fully saturated rings. The molecule has 1 N–H and O–H groups in total. The van der Waals surface area contributed by atoms with Crippen LogP contribution in [0, 0.1) is 5.41 Å². The smallest absolute Gasteiger partial charge is 0.153 e. The molecule has 0 aliphatic heterocycles. The fourth-order valence-electron chi connectivity index (χ4n) is 2.03. The van der Waals surface area contributed by atoms with Crippen LogP contribution in [0.3, 0.4) is 0 Å². The Labute approximate surface area is 160 Å². The zero-order valence-electron chi connectivity index (χ0n) is 16.5. The number of carbonyl (C=O) groups excluding carboxylic acids is 2. The van der Waals surface area contributed by atoms with E-state index in [9.17, 15) is 9.59 Å². The number of rotatable bonds is 8. The van der Waals surface area contributed by atoms with E-state index in [-0.39, 0.29) is 11.0 Å². The molecule has 2 aromatic rings. The van der Waals surface area contributed by atoms with Gasteiger partial charge in [0.15, 0.2) is 6.29 Å². The molecule has 0 aliphatic carbocycles. The summed E-state index contributed by atoms with van der Waals surface area (Å²) in [5.74, 6) is 0.452. The lowest BCUT2D eigenvalue weighted by molar-refractivity contribution is -0.0631. The fourth-order valence-corrected chi connectivity index (χ4v) is 2.03. The predicted molar refractivity (Wildman–Crippen MR) is 106 cm³/mol. The van der Waals surface area contributed by atoms with Gasteiger partial charge in [0.1, 0.15) is 18.6 Å².